The molecular weight excluding hydrogens is 325 g/mol. The Morgan fingerprint density at radius 3 is 2.78 bits per heavy atom. The number of aromatic nitrogens is 3. The molecule has 23 heavy (non-hydrogen) atoms. The number of hydrogen-bond acceptors (Lipinski definition) is 4. The van der Waals surface area contributed by atoms with Crippen LogP contribution in [0.3, 0.4) is 0 Å². The van der Waals surface area contributed by atoms with Crippen LogP contribution in [0.1, 0.15) is 24.6 Å². The Morgan fingerprint density at radius 1 is 1.35 bits per heavy atom. The second-order valence-corrected chi connectivity index (χ2v) is 7.15. The van der Waals surface area contributed by atoms with E-state index in [1.807, 2.05) is 4.90 Å². The standard InChI is InChI=1S/C15H17F3N4S/c1-10-5-6-22(9-12-8-19-20-21(12)2)13-7-11(15(16,17)18)3-4-14(13)23-10/h3-4,7-8,10H,5-6,9H2,1-2H3/t10-/m0/s1. The van der Waals surface area contributed by atoms with E-state index >= 15 is 0 Å². The van der Waals surface area contributed by atoms with E-state index in [1.54, 1.807) is 35.8 Å². The Morgan fingerprint density at radius 2 is 2.13 bits per heavy atom. The molecule has 0 spiro atoms. The number of aryl methyl sites for hydroxylation is 1. The molecule has 0 unspecified atom stereocenters. The van der Waals surface area contributed by atoms with Gasteiger partial charge in [0.15, 0.2) is 0 Å². The molecule has 1 aromatic heterocycles. The lowest BCUT2D eigenvalue weighted by Gasteiger charge is -2.25. The summed E-state index contributed by atoms with van der Waals surface area (Å²) in [4.78, 5) is 2.87. The molecule has 1 aromatic carbocycles. The predicted octanol–water partition coefficient (Wildman–Crippen LogP) is 3.72. The lowest BCUT2D eigenvalue weighted by molar-refractivity contribution is -0.137. The van der Waals surface area contributed by atoms with Crippen molar-refractivity contribution in [1.82, 2.24) is 15.0 Å². The largest absolute Gasteiger partial charge is 0.416 e. The molecule has 0 bridgehead atoms. The second kappa shape index (κ2) is 6.07. The topological polar surface area (TPSA) is 34.0 Å². The number of benzene rings is 1. The van der Waals surface area contributed by atoms with Crippen LogP contribution in [0, 0.1) is 0 Å². The van der Waals surface area contributed by atoms with E-state index in [2.05, 4.69) is 17.2 Å². The summed E-state index contributed by atoms with van der Waals surface area (Å²) in [5.41, 5.74) is 0.892. The van der Waals surface area contributed by atoms with Crippen molar-refractivity contribution in [2.45, 2.75) is 36.2 Å². The minimum atomic E-state index is -4.34. The predicted molar refractivity (Wildman–Crippen MR) is 83.4 cm³/mol. The highest BCUT2D eigenvalue weighted by Gasteiger charge is 2.32. The molecule has 0 aliphatic carbocycles. The van der Waals surface area contributed by atoms with E-state index in [-0.39, 0.29) is 0 Å². The second-order valence-electron chi connectivity index (χ2n) is 5.67. The number of anilines is 1. The molecule has 1 aliphatic heterocycles. The minimum absolute atomic E-state index is 0.361. The summed E-state index contributed by atoms with van der Waals surface area (Å²) in [6.07, 6.45) is -1.78. The molecule has 1 aliphatic rings. The van der Waals surface area contributed by atoms with Crippen molar-refractivity contribution in [1.29, 1.82) is 0 Å². The molecule has 0 amide bonds. The number of thioether (sulfide) groups is 1. The van der Waals surface area contributed by atoms with Crippen LogP contribution in [0.2, 0.25) is 0 Å². The summed E-state index contributed by atoms with van der Waals surface area (Å²) >= 11 is 1.63. The van der Waals surface area contributed by atoms with E-state index in [9.17, 15) is 13.2 Å². The quantitative estimate of drug-likeness (QED) is 0.833. The van der Waals surface area contributed by atoms with Gasteiger partial charge in [-0.1, -0.05) is 12.1 Å². The first-order valence-corrected chi connectivity index (χ1v) is 8.19. The van der Waals surface area contributed by atoms with Crippen LogP contribution in [0.5, 0.6) is 0 Å². The number of nitrogens with zero attached hydrogens (tertiary/aromatic N) is 4. The first-order valence-electron chi connectivity index (χ1n) is 7.31. The summed E-state index contributed by atoms with van der Waals surface area (Å²) in [5.74, 6) is 0. The van der Waals surface area contributed by atoms with E-state index in [0.29, 0.717) is 24.0 Å². The summed E-state index contributed by atoms with van der Waals surface area (Å²) in [5, 5.41) is 8.09. The van der Waals surface area contributed by atoms with Gasteiger partial charge in [-0.05, 0) is 24.6 Å². The molecule has 2 heterocycles. The SMILES string of the molecule is C[C@H]1CCN(Cc2cnnn2C)c2cc(C(F)(F)F)ccc2S1. The van der Waals surface area contributed by atoms with Gasteiger partial charge in [-0.3, -0.25) is 4.68 Å². The fourth-order valence-corrected chi connectivity index (χ4v) is 3.70. The Kier molecular flexibility index (Phi) is 4.27. The van der Waals surface area contributed by atoms with Crippen LogP contribution in [-0.4, -0.2) is 26.8 Å². The van der Waals surface area contributed by atoms with E-state index < -0.39 is 11.7 Å². The maximum Gasteiger partial charge on any atom is 0.416 e. The van der Waals surface area contributed by atoms with Crippen LogP contribution < -0.4 is 4.90 Å². The van der Waals surface area contributed by atoms with Gasteiger partial charge < -0.3 is 4.90 Å². The van der Waals surface area contributed by atoms with Crippen molar-refractivity contribution in [2.24, 2.45) is 7.05 Å². The zero-order chi connectivity index (χ0) is 16.6. The number of rotatable bonds is 2. The van der Waals surface area contributed by atoms with E-state index in [0.717, 1.165) is 23.1 Å². The number of halogens is 3. The van der Waals surface area contributed by atoms with Gasteiger partial charge in [0.1, 0.15) is 0 Å². The molecule has 0 saturated heterocycles. The molecule has 1 atom stereocenters. The van der Waals surface area contributed by atoms with Gasteiger partial charge in [0.2, 0.25) is 0 Å². The molecule has 0 N–H and O–H groups in total. The Labute approximate surface area is 136 Å². The average Bonchev–Trinajstić information content (AvgIpc) is 2.80. The highest BCUT2D eigenvalue weighted by molar-refractivity contribution is 8.00. The van der Waals surface area contributed by atoms with Crippen LogP contribution in [0.4, 0.5) is 18.9 Å². The van der Waals surface area contributed by atoms with Gasteiger partial charge in [0.05, 0.1) is 29.7 Å². The van der Waals surface area contributed by atoms with Gasteiger partial charge in [-0.25, -0.2) is 0 Å². The third-order valence-corrected chi connectivity index (χ3v) is 5.16. The van der Waals surface area contributed by atoms with Gasteiger partial charge in [0.25, 0.3) is 0 Å². The third-order valence-electron chi connectivity index (χ3n) is 3.92. The Hall–Kier alpha value is -1.70. The van der Waals surface area contributed by atoms with E-state index in [4.69, 9.17) is 0 Å². The molecule has 8 heteroatoms. The van der Waals surface area contributed by atoms with Gasteiger partial charge in [0, 0.05) is 23.7 Å². The van der Waals surface area contributed by atoms with Crippen molar-refractivity contribution < 1.29 is 13.2 Å². The van der Waals surface area contributed by atoms with Crippen LogP contribution in [0.15, 0.2) is 29.3 Å². The first-order chi connectivity index (χ1) is 10.8. The lowest BCUT2D eigenvalue weighted by Crippen LogP contribution is -2.26. The highest BCUT2D eigenvalue weighted by Crippen LogP contribution is 2.41. The average molecular weight is 342 g/mol. The van der Waals surface area contributed by atoms with Crippen LogP contribution in [0.25, 0.3) is 0 Å². The van der Waals surface area contributed by atoms with Crippen molar-refractivity contribution in [3.8, 4) is 0 Å². The maximum atomic E-state index is 13.1. The van der Waals surface area contributed by atoms with E-state index in [1.165, 1.54) is 6.07 Å². The van der Waals surface area contributed by atoms with Crippen LogP contribution in [-0.2, 0) is 19.8 Å². The van der Waals surface area contributed by atoms with Crippen LogP contribution >= 0.6 is 11.8 Å². The van der Waals surface area contributed by atoms with Crippen molar-refractivity contribution in [3.63, 3.8) is 0 Å². The number of hydrogen-bond donors (Lipinski definition) is 0. The zero-order valence-electron chi connectivity index (χ0n) is 12.8. The van der Waals surface area contributed by atoms with Crippen molar-refractivity contribution in [2.75, 3.05) is 11.4 Å². The molecule has 0 radical (unpaired) electrons. The van der Waals surface area contributed by atoms with Crippen molar-refractivity contribution in [3.05, 3.63) is 35.7 Å². The normalized spacial score (nSPS) is 18.7. The summed E-state index contributed by atoms with van der Waals surface area (Å²) in [6, 6.07) is 4.00. The van der Waals surface area contributed by atoms with Crippen molar-refractivity contribution >= 4 is 17.4 Å². The Bertz CT molecular complexity index is 698. The monoisotopic (exact) mass is 342 g/mol. The van der Waals surface area contributed by atoms with Gasteiger partial charge in [-0.15, -0.1) is 16.9 Å². The smallest absolute Gasteiger partial charge is 0.365 e. The Balaban J connectivity index is 2.00. The fourth-order valence-electron chi connectivity index (χ4n) is 2.59. The number of alkyl halides is 3. The molecule has 0 saturated carbocycles. The number of fused-ring (bicyclic) bond motifs is 1. The summed E-state index contributed by atoms with van der Waals surface area (Å²) in [6.45, 7) is 3.29. The molecule has 124 valence electrons. The van der Waals surface area contributed by atoms with Gasteiger partial charge in [-0.2, -0.15) is 13.2 Å². The first kappa shape index (κ1) is 16.2. The minimum Gasteiger partial charge on any atom is -0.365 e. The zero-order valence-corrected chi connectivity index (χ0v) is 13.7. The van der Waals surface area contributed by atoms with Gasteiger partial charge >= 0.3 is 6.18 Å². The highest BCUT2D eigenvalue weighted by atomic mass is 32.2. The summed E-state index contributed by atoms with van der Waals surface area (Å²) < 4.78 is 40.8. The molecular formula is C15H17F3N4S. The third kappa shape index (κ3) is 3.46. The molecule has 3 rings (SSSR count). The summed E-state index contributed by atoms with van der Waals surface area (Å²) in [7, 11) is 1.78. The fraction of sp³-hybridized carbons (Fsp3) is 0.467. The maximum absolute atomic E-state index is 13.1. The molecule has 4 nitrogen and oxygen atoms in total. The molecule has 2 aromatic rings. The molecule has 0 fully saturated rings. The lowest BCUT2D eigenvalue weighted by atomic mass is 10.1.